The Morgan fingerprint density at radius 3 is 2.15 bits per heavy atom. The molecule has 3 nitrogen and oxygen atoms in total. The van der Waals surface area contributed by atoms with E-state index in [1.54, 1.807) is 0 Å². The first-order valence-electron chi connectivity index (χ1n) is 7.35. The summed E-state index contributed by atoms with van der Waals surface area (Å²) in [5.74, 6) is 0.347. The molecule has 1 amide bonds. The fraction of sp³-hybridized carbons (Fsp3) is 0.588. The number of nitrogens with two attached hydrogens (primary N) is 1. The summed E-state index contributed by atoms with van der Waals surface area (Å²) in [6, 6.07) is 10.1. The average Bonchev–Trinajstić information content (AvgIpc) is 2.80. The van der Waals surface area contributed by atoms with E-state index < -0.39 is 0 Å². The van der Waals surface area contributed by atoms with E-state index in [0.29, 0.717) is 19.6 Å². The topological polar surface area (TPSA) is 46.3 Å². The number of carbonyl (C=O) groups is 1. The molecule has 0 aromatic heterocycles. The molecule has 0 saturated heterocycles. The first-order valence-corrected chi connectivity index (χ1v) is 7.35. The quantitative estimate of drug-likeness (QED) is 0.897. The molecule has 3 heteroatoms. The lowest BCUT2D eigenvalue weighted by Gasteiger charge is -2.23. The smallest absolute Gasteiger partial charge is 0.227 e. The standard InChI is InChI=1S/C17H26N2O/c1-16(2)14(17(16,3)4)15(20)19(11-10-18)12-13-8-6-5-7-9-13/h5-9,14H,10-12,18H2,1-4H3. The van der Waals surface area contributed by atoms with Crippen LogP contribution in [0.4, 0.5) is 0 Å². The van der Waals surface area contributed by atoms with Crippen molar-refractivity contribution in [2.24, 2.45) is 22.5 Å². The normalized spacial score (nSPS) is 19.6. The third-order valence-electron chi connectivity index (χ3n) is 5.19. The van der Waals surface area contributed by atoms with Crippen LogP contribution in [0.2, 0.25) is 0 Å². The summed E-state index contributed by atoms with van der Waals surface area (Å²) in [4.78, 5) is 14.7. The molecule has 1 fully saturated rings. The minimum Gasteiger partial charge on any atom is -0.337 e. The van der Waals surface area contributed by atoms with E-state index in [1.807, 2.05) is 23.1 Å². The van der Waals surface area contributed by atoms with Gasteiger partial charge in [-0.1, -0.05) is 58.0 Å². The van der Waals surface area contributed by atoms with Crippen molar-refractivity contribution >= 4 is 5.91 Å². The van der Waals surface area contributed by atoms with Gasteiger partial charge in [-0.05, 0) is 16.4 Å². The second-order valence-corrected chi connectivity index (χ2v) is 6.91. The summed E-state index contributed by atoms with van der Waals surface area (Å²) in [7, 11) is 0. The second kappa shape index (κ2) is 5.21. The van der Waals surface area contributed by atoms with Gasteiger partial charge in [0, 0.05) is 25.6 Å². The van der Waals surface area contributed by atoms with Crippen molar-refractivity contribution in [1.82, 2.24) is 4.90 Å². The Labute approximate surface area is 122 Å². The Hall–Kier alpha value is -1.35. The molecular weight excluding hydrogens is 248 g/mol. The van der Waals surface area contributed by atoms with E-state index in [2.05, 4.69) is 39.8 Å². The van der Waals surface area contributed by atoms with E-state index in [4.69, 9.17) is 5.73 Å². The van der Waals surface area contributed by atoms with Gasteiger partial charge in [0.05, 0.1) is 0 Å². The van der Waals surface area contributed by atoms with E-state index in [1.165, 1.54) is 0 Å². The van der Waals surface area contributed by atoms with Crippen LogP contribution < -0.4 is 5.73 Å². The van der Waals surface area contributed by atoms with Gasteiger partial charge in [0.25, 0.3) is 0 Å². The van der Waals surface area contributed by atoms with E-state index in [-0.39, 0.29) is 22.7 Å². The highest BCUT2D eigenvalue weighted by Gasteiger charge is 2.68. The summed E-state index contributed by atoms with van der Waals surface area (Å²) >= 11 is 0. The molecule has 1 aliphatic carbocycles. The molecule has 0 bridgehead atoms. The van der Waals surface area contributed by atoms with Crippen molar-refractivity contribution in [3.05, 3.63) is 35.9 Å². The van der Waals surface area contributed by atoms with E-state index in [0.717, 1.165) is 5.56 Å². The molecule has 0 heterocycles. The van der Waals surface area contributed by atoms with Gasteiger partial charge in [-0.3, -0.25) is 4.79 Å². The number of benzene rings is 1. The molecule has 2 rings (SSSR count). The fourth-order valence-electron chi connectivity index (χ4n) is 3.22. The van der Waals surface area contributed by atoms with Crippen molar-refractivity contribution in [3.8, 4) is 0 Å². The molecule has 110 valence electrons. The van der Waals surface area contributed by atoms with Crippen LogP contribution in [0.1, 0.15) is 33.3 Å². The Bertz CT molecular complexity index is 465. The van der Waals surface area contributed by atoms with Gasteiger partial charge in [-0.15, -0.1) is 0 Å². The first kappa shape index (κ1) is 15.0. The lowest BCUT2D eigenvalue weighted by molar-refractivity contribution is -0.134. The zero-order chi connectivity index (χ0) is 15.0. The van der Waals surface area contributed by atoms with Crippen LogP contribution in [0, 0.1) is 16.7 Å². The summed E-state index contributed by atoms with van der Waals surface area (Å²) in [5, 5.41) is 0. The minimum atomic E-state index is 0.0770. The molecule has 1 aromatic rings. The maximum atomic E-state index is 12.8. The highest BCUT2D eigenvalue weighted by molar-refractivity contribution is 5.84. The lowest BCUT2D eigenvalue weighted by atomic mass is 10.0. The Morgan fingerprint density at radius 1 is 1.15 bits per heavy atom. The van der Waals surface area contributed by atoms with E-state index >= 15 is 0 Å². The highest BCUT2D eigenvalue weighted by Crippen LogP contribution is 2.68. The highest BCUT2D eigenvalue weighted by atomic mass is 16.2. The van der Waals surface area contributed by atoms with Gasteiger partial charge in [0.15, 0.2) is 0 Å². The first-order chi connectivity index (χ1) is 9.32. The predicted octanol–water partition coefficient (Wildman–Crippen LogP) is 2.66. The van der Waals surface area contributed by atoms with Gasteiger partial charge in [-0.2, -0.15) is 0 Å². The number of carbonyl (C=O) groups excluding carboxylic acids is 1. The molecule has 0 aliphatic heterocycles. The number of nitrogens with zero attached hydrogens (tertiary/aromatic N) is 1. The van der Waals surface area contributed by atoms with E-state index in [9.17, 15) is 4.79 Å². The van der Waals surface area contributed by atoms with Gasteiger partial charge in [-0.25, -0.2) is 0 Å². The molecule has 0 unspecified atom stereocenters. The Kier molecular flexibility index (Phi) is 3.92. The predicted molar refractivity (Wildman–Crippen MR) is 82.0 cm³/mol. The third kappa shape index (κ3) is 2.47. The van der Waals surface area contributed by atoms with Crippen molar-refractivity contribution < 1.29 is 4.79 Å². The van der Waals surface area contributed by atoms with Crippen molar-refractivity contribution in [3.63, 3.8) is 0 Å². The maximum Gasteiger partial charge on any atom is 0.227 e. The number of hydrogen-bond donors (Lipinski definition) is 1. The van der Waals surface area contributed by atoms with Gasteiger partial charge < -0.3 is 10.6 Å². The largest absolute Gasteiger partial charge is 0.337 e. The van der Waals surface area contributed by atoms with Crippen LogP contribution in [0.15, 0.2) is 30.3 Å². The van der Waals surface area contributed by atoms with Crippen LogP contribution in [-0.2, 0) is 11.3 Å². The molecule has 1 aromatic carbocycles. The minimum absolute atomic E-state index is 0.0770. The average molecular weight is 274 g/mol. The molecular formula is C17H26N2O. The van der Waals surface area contributed by atoms with Crippen LogP contribution in [0.5, 0.6) is 0 Å². The van der Waals surface area contributed by atoms with Crippen LogP contribution in [-0.4, -0.2) is 23.9 Å². The second-order valence-electron chi connectivity index (χ2n) is 6.91. The number of hydrogen-bond acceptors (Lipinski definition) is 2. The molecule has 0 spiro atoms. The fourth-order valence-corrected chi connectivity index (χ4v) is 3.22. The molecule has 2 N–H and O–H groups in total. The molecule has 0 atom stereocenters. The zero-order valence-corrected chi connectivity index (χ0v) is 13.0. The SMILES string of the molecule is CC1(C)C(C(=O)N(CCN)Cc2ccccc2)C1(C)C. The van der Waals surface area contributed by atoms with Gasteiger partial charge in [0.2, 0.25) is 5.91 Å². The Balaban J connectivity index is 2.12. The summed E-state index contributed by atoms with van der Waals surface area (Å²) < 4.78 is 0. The summed E-state index contributed by atoms with van der Waals surface area (Å²) in [6.07, 6.45) is 0. The molecule has 1 saturated carbocycles. The van der Waals surface area contributed by atoms with Crippen LogP contribution in [0.25, 0.3) is 0 Å². The van der Waals surface area contributed by atoms with Gasteiger partial charge >= 0.3 is 0 Å². The van der Waals surface area contributed by atoms with Crippen molar-refractivity contribution in [2.45, 2.75) is 34.2 Å². The Morgan fingerprint density at radius 2 is 1.70 bits per heavy atom. The number of amides is 1. The molecule has 20 heavy (non-hydrogen) atoms. The maximum absolute atomic E-state index is 12.8. The van der Waals surface area contributed by atoms with Crippen LogP contribution in [0.3, 0.4) is 0 Å². The lowest BCUT2D eigenvalue weighted by Crippen LogP contribution is -2.37. The van der Waals surface area contributed by atoms with Gasteiger partial charge in [0.1, 0.15) is 0 Å². The number of rotatable bonds is 5. The molecule has 0 radical (unpaired) electrons. The zero-order valence-electron chi connectivity index (χ0n) is 13.0. The molecule has 1 aliphatic rings. The van der Waals surface area contributed by atoms with Crippen molar-refractivity contribution in [2.75, 3.05) is 13.1 Å². The summed E-state index contributed by atoms with van der Waals surface area (Å²) in [5.41, 5.74) is 6.99. The summed E-state index contributed by atoms with van der Waals surface area (Å²) in [6.45, 7) is 10.5. The van der Waals surface area contributed by atoms with Crippen LogP contribution >= 0.6 is 0 Å². The van der Waals surface area contributed by atoms with Crippen molar-refractivity contribution in [1.29, 1.82) is 0 Å². The third-order valence-corrected chi connectivity index (χ3v) is 5.19. The monoisotopic (exact) mass is 274 g/mol.